The second-order valence-electron chi connectivity index (χ2n) is 6.01. The number of nitrogens with two attached hydrogens (primary N) is 1. The minimum Gasteiger partial charge on any atom is -0.372 e. The third kappa shape index (κ3) is 3.80. The van der Waals surface area contributed by atoms with Gasteiger partial charge in [-0.05, 0) is 56.9 Å². The second-order valence-corrected chi connectivity index (χ2v) is 6.01. The van der Waals surface area contributed by atoms with E-state index in [1.165, 1.54) is 12.1 Å². The van der Waals surface area contributed by atoms with Gasteiger partial charge in [0.05, 0.1) is 0 Å². The first-order valence-electron chi connectivity index (χ1n) is 8.57. The predicted octanol–water partition coefficient (Wildman–Crippen LogP) is 2.88. The smallest absolute Gasteiger partial charge is 0.254 e. The first-order chi connectivity index (χ1) is 10.7. The van der Waals surface area contributed by atoms with Gasteiger partial charge in [0.15, 0.2) is 0 Å². The first-order valence-corrected chi connectivity index (χ1v) is 8.57. The van der Waals surface area contributed by atoms with Gasteiger partial charge < -0.3 is 15.5 Å². The van der Waals surface area contributed by atoms with Crippen LogP contribution in [0.3, 0.4) is 0 Å². The monoisotopic (exact) mass is 303 g/mol. The number of amides is 1. The van der Waals surface area contributed by atoms with Crippen molar-refractivity contribution < 1.29 is 4.79 Å². The minimum absolute atomic E-state index is 0.125. The van der Waals surface area contributed by atoms with Crippen molar-refractivity contribution in [2.75, 3.05) is 31.1 Å². The molecule has 1 fully saturated rings. The molecular weight excluding hydrogens is 274 g/mol. The summed E-state index contributed by atoms with van der Waals surface area (Å²) in [5.74, 6) is 0.125. The molecule has 1 saturated heterocycles. The van der Waals surface area contributed by atoms with Crippen LogP contribution < -0.4 is 10.6 Å². The van der Waals surface area contributed by atoms with Crippen LogP contribution in [0.5, 0.6) is 0 Å². The lowest BCUT2D eigenvalue weighted by Crippen LogP contribution is -2.47. The summed E-state index contributed by atoms with van der Waals surface area (Å²) >= 11 is 0. The van der Waals surface area contributed by atoms with Crippen LogP contribution in [0.1, 0.15) is 49.9 Å². The highest BCUT2D eigenvalue weighted by Crippen LogP contribution is 2.21. The molecule has 1 heterocycles. The van der Waals surface area contributed by atoms with Crippen LogP contribution in [0, 0.1) is 0 Å². The quantitative estimate of drug-likeness (QED) is 0.879. The number of rotatable bonds is 6. The molecule has 1 aromatic rings. The Bertz CT molecular complexity index is 472. The average molecular weight is 303 g/mol. The topological polar surface area (TPSA) is 49.6 Å². The van der Waals surface area contributed by atoms with Gasteiger partial charge in [0.1, 0.15) is 0 Å². The standard InChI is InChI=1S/C18H29N3O/c1-3-12-20(4-2)16-10-8-15(9-11-16)18(22)21-13-6-5-7-17(21)14-19/h8-11,17H,3-7,12-14,19H2,1-2H3. The molecule has 0 bridgehead atoms. The van der Waals surface area contributed by atoms with Crippen LogP contribution in [0.4, 0.5) is 5.69 Å². The van der Waals surface area contributed by atoms with Crippen LogP contribution in [-0.4, -0.2) is 43.0 Å². The molecule has 122 valence electrons. The van der Waals surface area contributed by atoms with Crippen LogP contribution >= 0.6 is 0 Å². The molecule has 1 unspecified atom stereocenters. The number of anilines is 1. The molecule has 1 aliphatic heterocycles. The Labute approximate surface area is 134 Å². The van der Waals surface area contributed by atoms with Crippen LogP contribution in [0.2, 0.25) is 0 Å². The Kier molecular flexibility index (Phi) is 6.25. The molecule has 1 aliphatic rings. The zero-order chi connectivity index (χ0) is 15.9. The molecule has 0 spiro atoms. The summed E-state index contributed by atoms with van der Waals surface area (Å²) < 4.78 is 0. The van der Waals surface area contributed by atoms with E-state index in [-0.39, 0.29) is 11.9 Å². The lowest BCUT2D eigenvalue weighted by atomic mass is 10.0. The SMILES string of the molecule is CCCN(CC)c1ccc(C(=O)N2CCCCC2CN)cc1. The van der Waals surface area contributed by atoms with E-state index in [9.17, 15) is 4.79 Å². The number of piperidine rings is 1. The van der Waals surface area contributed by atoms with Gasteiger partial charge in [-0.25, -0.2) is 0 Å². The number of carbonyl (C=O) groups excluding carboxylic acids is 1. The summed E-state index contributed by atoms with van der Waals surface area (Å²) in [5.41, 5.74) is 7.79. The summed E-state index contributed by atoms with van der Waals surface area (Å²) in [6.45, 7) is 7.77. The highest BCUT2D eigenvalue weighted by molar-refractivity contribution is 5.94. The molecular formula is C18H29N3O. The number of hydrogen-bond donors (Lipinski definition) is 1. The molecule has 2 rings (SSSR count). The van der Waals surface area contributed by atoms with E-state index in [4.69, 9.17) is 5.73 Å². The molecule has 1 amide bonds. The van der Waals surface area contributed by atoms with Crippen LogP contribution in [0.15, 0.2) is 24.3 Å². The van der Waals surface area contributed by atoms with Gasteiger partial charge in [-0.3, -0.25) is 4.79 Å². The Morgan fingerprint density at radius 1 is 1.27 bits per heavy atom. The third-order valence-electron chi connectivity index (χ3n) is 4.51. The summed E-state index contributed by atoms with van der Waals surface area (Å²) in [6, 6.07) is 8.24. The summed E-state index contributed by atoms with van der Waals surface area (Å²) in [7, 11) is 0. The molecule has 1 atom stereocenters. The van der Waals surface area contributed by atoms with Crippen molar-refractivity contribution in [2.24, 2.45) is 5.73 Å². The summed E-state index contributed by atoms with van der Waals surface area (Å²) in [5, 5.41) is 0. The van der Waals surface area contributed by atoms with Gasteiger partial charge in [0, 0.05) is 43.5 Å². The minimum atomic E-state index is 0.125. The number of hydrogen-bond acceptors (Lipinski definition) is 3. The maximum atomic E-state index is 12.7. The van der Waals surface area contributed by atoms with Crippen LogP contribution in [-0.2, 0) is 0 Å². The van der Waals surface area contributed by atoms with Gasteiger partial charge in [0.25, 0.3) is 5.91 Å². The third-order valence-corrected chi connectivity index (χ3v) is 4.51. The highest BCUT2D eigenvalue weighted by Gasteiger charge is 2.26. The maximum absolute atomic E-state index is 12.7. The molecule has 0 saturated carbocycles. The second kappa shape index (κ2) is 8.18. The maximum Gasteiger partial charge on any atom is 0.254 e. The Morgan fingerprint density at radius 3 is 2.59 bits per heavy atom. The van der Waals surface area contributed by atoms with Gasteiger partial charge in [0.2, 0.25) is 0 Å². The number of carbonyl (C=O) groups is 1. The van der Waals surface area contributed by atoms with Gasteiger partial charge in [-0.15, -0.1) is 0 Å². The fraction of sp³-hybridized carbons (Fsp3) is 0.611. The van der Waals surface area contributed by atoms with Crippen molar-refractivity contribution >= 4 is 11.6 Å². The Morgan fingerprint density at radius 2 is 2.00 bits per heavy atom. The molecule has 22 heavy (non-hydrogen) atoms. The van der Waals surface area contributed by atoms with E-state index in [2.05, 4.69) is 30.9 Å². The molecule has 4 nitrogen and oxygen atoms in total. The highest BCUT2D eigenvalue weighted by atomic mass is 16.2. The number of likely N-dealkylation sites (tertiary alicyclic amines) is 1. The zero-order valence-electron chi connectivity index (χ0n) is 13.9. The van der Waals surface area contributed by atoms with E-state index >= 15 is 0 Å². The van der Waals surface area contributed by atoms with E-state index in [0.29, 0.717) is 6.54 Å². The van der Waals surface area contributed by atoms with E-state index < -0.39 is 0 Å². The fourth-order valence-corrected chi connectivity index (χ4v) is 3.23. The average Bonchev–Trinajstić information content (AvgIpc) is 2.59. The molecule has 0 radical (unpaired) electrons. The molecule has 4 heteroatoms. The van der Waals surface area contributed by atoms with Gasteiger partial charge in [-0.1, -0.05) is 6.92 Å². The van der Waals surface area contributed by atoms with Crippen molar-refractivity contribution in [2.45, 2.75) is 45.6 Å². The van der Waals surface area contributed by atoms with E-state index in [0.717, 1.165) is 44.5 Å². The lowest BCUT2D eigenvalue weighted by molar-refractivity contribution is 0.0623. The van der Waals surface area contributed by atoms with Crippen molar-refractivity contribution in [1.82, 2.24) is 4.90 Å². The summed E-state index contributed by atoms with van der Waals surface area (Å²) in [6.07, 6.45) is 4.41. The van der Waals surface area contributed by atoms with E-state index in [1.54, 1.807) is 0 Å². The zero-order valence-corrected chi connectivity index (χ0v) is 13.9. The Balaban J connectivity index is 2.10. The van der Waals surface area contributed by atoms with Gasteiger partial charge in [-0.2, -0.15) is 0 Å². The van der Waals surface area contributed by atoms with Crippen molar-refractivity contribution in [3.8, 4) is 0 Å². The largest absolute Gasteiger partial charge is 0.372 e. The predicted molar refractivity (Wildman–Crippen MR) is 92.3 cm³/mol. The fourth-order valence-electron chi connectivity index (χ4n) is 3.23. The summed E-state index contributed by atoms with van der Waals surface area (Å²) in [4.78, 5) is 17.0. The van der Waals surface area contributed by atoms with Crippen molar-refractivity contribution in [3.05, 3.63) is 29.8 Å². The van der Waals surface area contributed by atoms with Crippen molar-refractivity contribution in [1.29, 1.82) is 0 Å². The molecule has 2 N–H and O–H groups in total. The first kappa shape index (κ1) is 16.8. The normalized spacial score (nSPS) is 18.3. The lowest BCUT2D eigenvalue weighted by Gasteiger charge is -2.35. The molecule has 0 aliphatic carbocycles. The number of benzene rings is 1. The molecule has 1 aromatic carbocycles. The molecule has 0 aromatic heterocycles. The van der Waals surface area contributed by atoms with E-state index in [1.807, 2.05) is 17.0 Å². The van der Waals surface area contributed by atoms with Gasteiger partial charge >= 0.3 is 0 Å². The number of nitrogens with zero attached hydrogens (tertiary/aromatic N) is 2. The Hall–Kier alpha value is -1.55. The van der Waals surface area contributed by atoms with Crippen LogP contribution in [0.25, 0.3) is 0 Å². The van der Waals surface area contributed by atoms with Crippen molar-refractivity contribution in [3.63, 3.8) is 0 Å².